The first-order valence-corrected chi connectivity index (χ1v) is 8.39. The zero-order valence-corrected chi connectivity index (χ0v) is 14.2. The molecule has 1 amide bonds. The molecule has 3 rings (SSSR count). The van der Waals surface area contributed by atoms with E-state index in [2.05, 4.69) is 15.2 Å². The molecule has 1 aromatic heterocycles. The van der Waals surface area contributed by atoms with Gasteiger partial charge in [-0.3, -0.25) is 19.1 Å². The van der Waals surface area contributed by atoms with E-state index in [1.165, 1.54) is 13.2 Å². The number of H-pyrrole nitrogens is 1. The number of nitrogens with zero attached hydrogens (tertiary/aromatic N) is 2. The van der Waals surface area contributed by atoms with Gasteiger partial charge in [-0.1, -0.05) is 30.3 Å². The molecule has 7 nitrogen and oxygen atoms in total. The van der Waals surface area contributed by atoms with Crippen molar-refractivity contribution in [1.29, 1.82) is 0 Å². The molecule has 0 spiro atoms. The van der Waals surface area contributed by atoms with Crippen LogP contribution in [0.1, 0.15) is 11.1 Å². The van der Waals surface area contributed by atoms with Gasteiger partial charge >= 0.3 is 5.69 Å². The molecular weight excluding hydrogens is 320 g/mol. The molecular formula is C18H22N4O3. The van der Waals surface area contributed by atoms with Crippen LogP contribution in [0.2, 0.25) is 0 Å². The van der Waals surface area contributed by atoms with Gasteiger partial charge in [0.15, 0.2) is 0 Å². The SMILES string of the molecule is Cn1c(=O)[nH]cc(CCN2CCNC(=O)[C@@H]2Cc2ccccc2)c1=O. The first-order chi connectivity index (χ1) is 12.1. The quantitative estimate of drug-likeness (QED) is 0.778. The largest absolute Gasteiger partial charge is 0.353 e. The molecule has 1 aliphatic rings. The Bertz CT molecular complexity index is 857. The minimum Gasteiger partial charge on any atom is -0.353 e. The minimum absolute atomic E-state index is 0.0180. The maximum absolute atomic E-state index is 12.3. The highest BCUT2D eigenvalue weighted by Gasteiger charge is 2.29. The number of aromatic amines is 1. The van der Waals surface area contributed by atoms with Crippen LogP contribution >= 0.6 is 0 Å². The van der Waals surface area contributed by atoms with Gasteiger partial charge in [0.05, 0.1) is 6.04 Å². The van der Waals surface area contributed by atoms with Crippen LogP contribution in [0.4, 0.5) is 0 Å². The number of piperazine rings is 1. The van der Waals surface area contributed by atoms with Crippen molar-refractivity contribution in [2.45, 2.75) is 18.9 Å². The molecule has 132 valence electrons. The Morgan fingerprint density at radius 2 is 1.92 bits per heavy atom. The van der Waals surface area contributed by atoms with Crippen LogP contribution in [0, 0.1) is 0 Å². The normalized spacial score (nSPS) is 18.1. The van der Waals surface area contributed by atoms with E-state index >= 15 is 0 Å². The third-order valence-corrected chi connectivity index (χ3v) is 4.64. The first-order valence-electron chi connectivity index (χ1n) is 8.39. The molecule has 2 heterocycles. The van der Waals surface area contributed by atoms with Gasteiger partial charge < -0.3 is 10.3 Å². The second-order valence-electron chi connectivity index (χ2n) is 6.27. The summed E-state index contributed by atoms with van der Waals surface area (Å²) >= 11 is 0. The summed E-state index contributed by atoms with van der Waals surface area (Å²) in [4.78, 5) is 40.6. The molecule has 1 fully saturated rings. The lowest BCUT2D eigenvalue weighted by Gasteiger charge is -2.35. The summed E-state index contributed by atoms with van der Waals surface area (Å²) in [6.45, 7) is 1.94. The minimum atomic E-state index is -0.423. The lowest BCUT2D eigenvalue weighted by molar-refractivity contribution is -0.128. The van der Waals surface area contributed by atoms with Crippen LogP contribution in [0.15, 0.2) is 46.1 Å². The molecule has 25 heavy (non-hydrogen) atoms. The summed E-state index contributed by atoms with van der Waals surface area (Å²) in [6, 6.07) is 9.65. The van der Waals surface area contributed by atoms with Crippen LogP contribution in [-0.4, -0.2) is 46.0 Å². The molecule has 1 aromatic carbocycles. The van der Waals surface area contributed by atoms with Crippen LogP contribution < -0.4 is 16.6 Å². The lowest BCUT2D eigenvalue weighted by atomic mass is 10.0. The zero-order valence-electron chi connectivity index (χ0n) is 14.2. The number of amides is 1. The van der Waals surface area contributed by atoms with E-state index in [9.17, 15) is 14.4 Å². The molecule has 0 radical (unpaired) electrons. The van der Waals surface area contributed by atoms with Crippen molar-refractivity contribution in [2.75, 3.05) is 19.6 Å². The Hall–Kier alpha value is -2.67. The van der Waals surface area contributed by atoms with Gasteiger partial charge in [-0.2, -0.15) is 0 Å². The van der Waals surface area contributed by atoms with Crippen molar-refractivity contribution in [3.05, 3.63) is 68.5 Å². The van der Waals surface area contributed by atoms with Crippen molar-refractivity contribution in [2.24, 2.45) is 7.05 Å². The Morgan fingerprint density at radius 1 is 1.16 bits per heavy atom. The highest BCUT2D eigenvalue weighted by molar-refractivity contribution is 5.82. The summed E-state index contributed by atoms with van der Waals surface area (Å²) in [5, 5.41) is 2.91. The number of carbonyl (C=O) groups excluding carboxylic acids is 1. The monoisotopic (exact) mass is 342 g/mol. The molecule has 2 N–H and O–H groups in total. The maximum atomic E-state index is 12.3. The smallest absolute Gasteiger partial charge is 0.328 e. The molecule has 7 heteroatoms. The predicted molar refractivity (Wildman–Crippen MR) is 94.5 cm³/mol. The third-order valence-electron chi connectivity index (χ3n) is 4.64. The van der Waals surface area contributed by atoms with E-state index in [0.717, 1.165) is 16.7 Å². The van der Waals surface area contributed by atoms with Crippen LogP contribution in [0.3, 0.4) is 0 Å². The number of hydrogen-bond acceptors (Lipinski definition) is 4. The molecule has 2 aromatic rings. The van der Waals surface area contributed by atoms with Gasteiger partial charge in [0, 0.05) is 38.4 Å². The second-order valence-corrected chi connectivity index (χ2v) is 6.27. The van der Waals surface area contributed by atoms with E-state index in [0.29, 0.717) is 31.5 Å². The summed E-state index contributed by atoms with van der Waals surface area (Å²) in [5.41, 5.74) is 0.943. The average Bonchev–Trinajstić information content (AvgIpc) is 2.62. The average molecular weight is 342 g/mol. The fraction of sp³-hybridized carbons (Fsp3) is 0.389. The Balaban J connectivity index is 1.73. The van der Waals surface area contributed by atoms with Gasteiger partial charge in [-0.15, -0.1) is 0 Å². The number of carbonyl (C=O) groups is 1. The van der Waals surface area contributed by atoms with Gasteiger partial charge in [0.1, 0.15) is 0 Å². The number of aromatic nitrogens is 2. The van der Waals surface area contributed by atoms with Gasteiger partial charge in [-0.05, 0) is 18.4 Å². The molecule has 1 aliphatic heterocycles. The Kier molecular flexibility index (Phi) is 5.14. The maximum Gasteiger partial charge on any atom is 0.328 e. The summed E-state index contributed by atoms with van der Waals surface area (Å²) in [7, 11) is 1.46. The van der Waals surface area contributed by atoms with Crippen LogP contribution in [0.25, 0.3) is 0 Å². The van der Waals surface area contributed by atoms with Gasteiger partial charge in [0.2, 0.25) is 5.91 Å². The number of hydrogen-bond donors (Lipinski definition) is 2. The van der Waals surface area contributed by atoms with Crippen molar-refractivity contribution >= 4 is 5.91 Å². The highest BCUT2D eigenvalue weighted by Crippen LogP contribution is 2.12. The van der Waals surface area contributed by atoms with Crippen molar-refractivity contribution in [1.82, 2.24) is 19.8 Å². The standard InChI is InChI=1S/C18H22N4O3/c1-21-17(24)14(12-20-18(21)25)7-9-22-10-8-19-16(23)15(22)11-13-5-3-2-4-6-13/h2-6,12,15H,7-11H2,1H3,(H,19,23)(H,20,25)/t15-/m0/s1. The fourth-order valence-electron chi connectivity index (χ4n) is 3.15. The zero-order chi connectivity index (χ0) is 17.8. The van der Waals surface area contributed by atoms with Crippen molar-refractivity contribution in [3.8, 4) is 0 Å². The van der Waals surface area contributed by atoms with Crippen LogP contribution in [0.5, 0.6) is 0 Å². The molecule has 0 bridgehead atoms. The molecule has 0 saturated carbocycles. The second kappa shape index (κ2) is 7.48. The van der Waals surface area contributed by atoms with E-state index in [-0.39, 0.29) is 17.5 Å². The first kappa shape index (κ1) is 17.2. The third kappa shape index (κ3) is 3.88. The number of benzene rings is 1. The van der Waals surface area contributed by atoms with Crippen LogP contribution in [-0.2, 0) is 24.7 Å². The van der Waals surface area contributed by atoms with Gasteiger partial charge in [0.25, 0.3) is 5.56 Å². The van der Waals surface area contributed by atoms with E-state index in [4.69, 9.17) is 0 Å². The highest BCUT2D eigenvalue weighted by atomic mass is 16.2. The van der Waals surface area contributed by atoms with E-state index < -0.39 is 5.69 Å². The molecule has 0 aliphatic carbocycles. The molecule has 1 saturated heterocycles. The van der Waals surface area contributed by atoms with E-state index in [1.54, 1.807) is 0 Å². The predicted octanol–water partition coefficient (Wildman–Crippen LogP) is -0.341. The van der Waals surface area contributed by atoms with E-state index in [1.807, 2.05) is 30.3 Å². The number of nitrogens with one attached hydrogen (secondary N) is 2. The van der Waals surface area contributed by atoms with Crippen molar-refractivity contribution in [3.63, 3.8) is 0 Å². The van der Waals surface area contributed by atoms with Crippen molar-refractivity contribution < 1.29 is 4.79 Å². The Morgan fingerprint density at radius 3 is 2.68 bits per heavy atom. The summed E-state index contributed by atoms with van der Waals surface area (Å²) < 4.78 is 1.07. The lowest BCUT2D eigenvalue weighted by Crippen LogP contribution is -2.56. The summed E-state index contributed by atoms with van der Waals surface area (Å²) in [5.74, 6) is 0.0180. The Labute approximate surface area is 145 Å². The molecule has 1 atom stereocenters. The summed E-state index contributed by atoms with van der Waals surface area (Å²) in [6.07, 6.45) is 2.60. The fourth-order valence-corrected chi connectivity index (χ4v) is 3.15. The topological polar surface area (TPSA) is 87.2 Å². The number of rotatable bonds is 5. The van der Waals surface area contributed by atoms with Gasteiger partial charge in [-0.25, -0.2) is 4.79 Å². The molecule has 0 unspecified atom stereocenters.